The van der Waals surface area contributed by atoms with Crippen LogP contribution in [0.25, 0.3) is 0 Å². The van der Waals surface area contributed by atoms with Crippen molar-refractivity contribution in [1.82, 2.24) is 5.32 Å². The minimum atomic E-state index is -5.46. The van der Waals surface area contributed by atoms with Crippen LogP contribution >= 0.6 is 0 Å². The zero-order valence-electron chi connectivity index (χ0n) is 12.1. The van der Waals surface area contributed by atoms with Gasteiger partial charge >= 0.3 is 12.4 Å². The fourth-order valence-corrected chi connectivity index (χ4v) is 2.49. The molecule has 1 N–H and O–H groups in total. The van der Waals surface area contributed by atoms with Gasteiger partial charge in [-0.3, -0.25) is 0 Å². The van der Waals surface area contributed by atoms with Crippen molar-refractivity contribution in [3.63, 3.8) is 0 Å². The van der Waals surface area contributed by atoms with E-state index >= 15 is 0 Å². The Morgan fingerprint density at radius 1 is 0.952 bits per heavy atom. The molecule has 0 aromatic carbocycles. The number of nitrogens with one attached hydrogen (secondary N) is 1. The lowest BCUT2D eigenvalue weighted by Crippen LogP contribution is -2.55. The molecule has 1 rings (SSSR count). The van der Waals surface area contributed by atoms with Crippen LogP contribution < -0.4 is 5.32 Å². The number of ether oxygens (including phenoxy) is 1. The Labute approximate surface area is 120 Å². The zero-order chi connectivity index (χ0) is 16.3. The quantitative estimate of drug-likeness (QED) is 0.767. The third kappa shape index (κ3) is 5.65. The van der Waals surface area contributed by atoms with Crippen LogP contribution in [-0.4, -0.2) is 36.6 Å². The third-order valence-electron chi connectivity index (χ3n) is 3.56. The van der Waals surface area contributed by atoms with E-state index in [4.69, 9.17) is 0 Å². The van der Waals surface area contributed by atoms with Crippen LogP contribution in [0.5, 0.6) is 0 Å². The molecule has 21 heavy (non-hydrogen) atoms. The van der Waals surface area contributed by atoms with Gasteiger partial charge in [0.05, 0.1) is 5.60 Å². The van der Waals surface area contributed by atoms with Gasteiger partial charge in [-0.1, -0.05) is 33.1 Å². The first-order valence-corrected chi connectivity index (χ1v) is 7.01. The lowest BCUT2D eigenvalue weighted by Gasteiger charge is -2.41. The summed E-state index contributed by atoms with van der Waals surface area (Å²) in [6, 6.07) is -0.0392. The largest absolute Gasteiger partial charge is 0.423 e. The number of hydrogen-bond donors (Lipinski definition) is 1. The predicted octanol–water partition coefficient (Wildman–Crippen LogP) is 4.20. The van der Waals surface area contributed by atoms with Crippen LogP contribution in [-0.2, 0) is 4.74 Å². The first kappa shape index (κ1) is 18.5. The van der Waals surface area contributed by atoms with E-state index in [0.717, 1.165) is 6.42 Å². The molecule has 0 atom stereocenters. The van der Waals surface area contributed by atoms with Crippen LogP contribution in [0.4, 0.5) is 26.3 Å². The van der Waals surface area contributed by atoms with Gasteiger partial charge in [0, 0.05) is 12.6 Å². The molecular weight excluding hydrogens is 300 g/mol. The fourth-order valence-electron chi connectivity index (χ4n) is 2.49. The van der Waals surface area contributed by atoms with E-state index < -0.39 is 24.1 Å². The molecule has 8 heteroatoms. The smallest absolute Gasteiger partial charge is 0.353 e. The maximum atomic E-state index is 12.7. The molecule has 0 radical (unpaired) electrons. The highest BCUT2D eigenvalue weighted by molar-refractivity contribution is 4.91. The van der Waals surface area contributed by atoms with Crippen molar-refractivity contribution >= 4 is 0 Å². The average molecular weight is 321 g/mol. The van der Waals surface area contributed by atoms with Crippen molar-refractivity contribution in [3.05, 3.63) is 0 Å². The number of hydrogen-bond acceptors (Lipinski definition) is 2. The van der Waals surface area contributed by atoms with E-state index in [9.17, 15) is 26.3 Å². The highest BCUT2D eigenvalue weighted by atomic mass is 19.4. The molecular formula is C13H21F6NO. The Balaban J connectivity index is 2.92. The minimum Gasteiger partial charge on any atom is -0.353 e. The summed E-state index contributed by atoms with van der Waals surface area (Å²) >= 11 is 0. The average Bonchev–Trinajstić information content (AvgIpc) is 2.32. The van der Waals surface area contributed by atoms with E-state index in [2.05, 4.69) is 10.1 Å². The molecule has 0 saturated heterocycles. The van der Waals surface area contributed by atoms with Crippen molar-refractivity contribution in [3.8, 4) is 0 Å². The first-order chi connectivity index (χ1) is 9.46. The maximum absolute atomic E-state index is 12.7. The summed E-state index contributed by atoms with van der Waals surface area (Å²) < 4.78 is 80.7. The Hall–Kier alpha value is -0.500. The van der Waals surface area contributed by atoms with Gasteiger partial charge < -0.3 is 10.1 Å². The Bertz CT molecular complexity index is 306. The molecule has 0 heterocycles. The molecule has 0 amide bonds. The Morgan fingerprint density at radius 2 is 1.43 bits per heavy atom. The molecule has 0 aromatic heterocycles. The highest BCUT2D eigenvalue weighted by Gasteiger charge is 2.60. The second kappa shape index (κ2) is 6.73. The van der Waals surface area contributed by atoms with E-state index in [1.807, 2.05) is 0 Å². The number of halogens is 6. The van der Waals surface area contributed by atoms with E-state index in [1.165, 1.54) is 0 Å². The lowest BCUT2D eigenvalue weighted by atomic mass is 9.84. The summed E-state index contributed by atoms with van der Waals surface area (Å²) in [5.74, 6) is 0. The second-order valence-corrected chi connectivity index (χ2v) is 5.86. The summed E-state index contributed by atoms with van der Waals surface area (Å²) in [6.07, 6.45) is -12.3. The highest BCUT2D eigenvalue weighted by Crippen LogP contribution is 2.41. The summed E-state index contributed by atoms with van der Waals surface area (Å²) in [5.41, 5.74) is -1.40. The molecule has 1 aliphatic rings. The van der Waals surface area contributed by atoms with Crippen LogP contribution in [0.1, 0.15) is 46.0 Å². The number of alkyl halides is 6. The SMILES string of the molecule is CC(C)NCC1(OC(C(F)(F)F)C(F)(F)F)CCCCC1. The Morgan fingerprint density at radius 3 is 1.81 bits per heavy atom. The second-order valence-electron chi connectivity index (χ2n) is 5.86. The molecule has 1 saturated carbocycles. The summed E-state index contributed by atoms with van der Waals surface area (Å²) in [7, 11) is 0. The van der Waals surface area contributed by atoms with Crippen LogP contribution in [0, 0.1) is 0 Å². The summed E-state index contributed by atoms with van der Waals surface area (Å²) in [4.78, 5) is 0. The molecule has 126 valence electrons. The monoisotopic (exact) mass is 321 g/mol. The van der Waals surface area contributed by atoms with Crippen molar-refractivity contribution in [2.45, 2.75) is 76.1 Å². The Kier molecular flexibility index (Phi) is 5.94. The normalized spacial score (nSPS) is 20.3. The predicted molar refractivity (Wildman–Crippen MR) is 65.9 cm³/mol. The van der Waals surface area contributed by atoms with Crippen molar-refractivity contribution < 1.29 is 31.1 Å². The maximum Gasteiger partial charge on any atom is 0.423 e. The van der Waals surface area contributed by atoms with Crippen LogP contribution in [0.3, 0.4) is 0 Å². The van der Waals surface area contributed by atoms with Gasteiger partial charge in [-0.15, -0.1) is 0 Å². The molecule has 0 unspecified atom stereocenters. The van der Waals surface area contributed by atoms with Crippen molar-refractivity contribution in [2.75, 3.05) is 6.54 Å². The summed E-state index contributed by atoms with van der Waals surface area (Å²) in [5, 5.41) is 2.90. The zero-order valence-corrected chi connectivity index (χ0v) is 12.1. The first-order valence-electron chi connectivity index (χ1n) is 7.01. The van der Waals surface area contributed by atoms with Gasteiger partial charge in [0.25, 0.3) is 0 Å². The van der Waals surface area contributed by atoms with Gasteiger partial charge in [0.15, 0.2) is 0 Å². The topological polar surface area (TPSA) is 21.3 Å². The van der Waals surface area contributed by atoms with E-state index in [0.29, 0.717) is 12.8 Å². The standard InChI is InChI=1S/C13H21F6NO/c1-9(2)20-8-11(6-4-3-5-7-11)21-10(12(14,15)16)13(17,18)19/h9-10,20H,3-8H2,1-2H3. The van der Waals surface area contributed by atoms with Crippen molar-refractivity contribution in [2.24, 2.45) is 0 Å². The van der Waals surface area contributed by atoms with Gasteiger partial charge in [-0.25, -0.2) is 0 Å². The van der Waals surface area contributed by atoms with Crippen molar-refractivity contribution in [1.29, 1.82) is 0 Å². The molecule has 1 fully saturated rings. The fraction of sp³-hybridized carbons (Fsp3) is 1.00. The molecule has 0 spiro atoms. The van der Waals surface area contributed by atoms with E-state index in [1.54, 1.807) is 13.8 Å². The third-order valence-corrected chi connectivity index (χ3v) is 3.56. The molecule has 0 bridgehead atoms. The van der Waals surface area contributed by atoms with E-state index in [-0.39, 0.29) is 25.4 Å². The van der Waals surface area contributed by atoms with Gasteiger partial charge in [-0.05, 0) is 12.8 Å². The van der Waals surface area contributed by atoms with Crippen LogP contribution in [0.2, 0.25) is 0 Å². The molecule has 0 aromatic rings. The van der Waals surface area contributed by atoms with Crippen LogP contribution in [0.15, 0.2) is 0 Å². The number of rotatable bonds is 5. The summed E-state index contributed by atoms with van der Waals surface area (Å²) in [6.45, 7) is 3.55. The molecule has 1 aliphatic carbocycles. The van der Waals surface area contributed by atoms with Gasteiger partial charge in [-0.2, -0.15) is 26.3 Å². The van der Waals surface area contributed by atoms with Gasteiger partial charge in [0.2, 0.25) is 6.10 Å². The molecule has 0 aliphatic heterocycles. The van der Waals surface area contributed by atoms with Gasteiger partial charge in [0.1, 0.15) is 0 Å². The molecule has 2 nitrogen and oxygen atoms in total. The lowest BCUT2D eigenvalue weighted by molar-refractivity contribution is -0.346. The minimum absolute atomic E-state index is 0.00662.